The Bertz CT molecular complexity index is 317. The van der Waals surface area contributed by atoms with Crippen LogP contribution >= 0.6 is 0 Å². The molecule has 0 spiro atoms. The Balaban J connectivity index is 2.80. The highest BCUT2D eigenvalue weighted by Gasteiger charge is 2.26. The van der Waals surface area contributed by atoms with E-state index >= 15 is 0 Å². The van der Waals surface area contributed by atoms with E-state index in [2.05, 4.69) is 64.0 Å². The van der Waals surface area contributed by atoms with Gasteiger partial charge in [0, 0.05) is 19.8 Å². The third-order valence-electron chi connectivity index (χ3n) is 4.28. The summed E-state index contributed by atoms with van der Waals surface area (Å²) in [5.74, 6) is 0. The quantitative estimate of drug-likeness (QED) is 0.678. The van der Waals surface area contributed by atoms with Gasteiger partial charge < -0.3 is 4.90 Å². The molecule has 0 saturated carbocycles. The first-order valence-corrected chi connectivity index (χ1v) is 9.66. The molecule has 0 heterocycles. The van der Waals surface area contributed by atoms with Crippen molar-refractivity contribution in [2.45, 2.75) is 44.9 Å². The second-order valence-corrected chi connectivity index (χ2v) is 10.8. The molecule has 0 atom stereocenters. The Hall–Kier alpha value is -0.763. The highest BCUT2D eigenvalue weighted by molar-refractivity contribution is 6.79. The van der Waals surface area contributed by atoms with Gasteiger partial charge in [-0.2, -0.15) is 0 Å². The molecule has 0 bridgehead atoms. The minimum absolute atomic E-state index is 1.02. The van der Waals surface area contributed by atoms with Gasteiger partial charge in [0.1, 0.15) is 0 Å². The molecule has 2 heteroatoms. The highest BCUT2D eigenvalue weighted by atomic mass is 28.3. The van der Waals surface area contributed by atoms with Crippen LogP contribution in [0.25, 0.3) is 0 Å². The molecule has 0 amide bonds. The molecule has 0 N–H and O–H groups in total. The molecule has 1 aromatic rings. The molecule has 1 rings (SSSR count). The van der Waals surface area contributed by atoms with E-state index in [0.717, 1.165) is 0 Å². The van der Waals surface area contributed by atoms with Crippen LogP contribution < -0.4 is 4.90 Å². The van der Waals surface area contributed by atoms with Crippen molar-refractivity contribution in [2.75, 3.05) is 19.0 Å². The molecule has 0 aliphatic rings. The standard InChI is InChI=1S/C15H27NSi/c1-6-17(7-2,8-3)13-14-9-11-15(12-10-14)16(4)5/h9-12H,6-8,13H2,1-5H3. The van der Waals surface area contributed by atoms with E-state index in [0.29, 0.717) is 0 Å². The summed E-state index contributed by atoms with van der Waals surface area (Å²) in [6.45, 7) is 7.15. The Morgan fingerprint density at radius 3 is 1.71 bits per heavy atom. The van der Waals surface area contributed by atoms with Crippen LogP contribution in [-0.2, 0) is 6.04 Å². The molecular weight excluding hydrogens is 222 g/mol. The van der Waals surface area contributed by atoms with Crippen molar-refractivity contribution in [3.8, 4) is 0 Å². The van der Waals surface area contributed by atoms with Gasteiger partial charge in [0.15, 0.2) is 0 Å². The van der Waals surface area contributed by atoms with Crippen molar-refractivity contribution in [2.24, 2.45) is 0 Å². The first-order valence-electron chi connectivity index (χ1n) is 6.83. The largest absolute Gasteiger partial charge is 0.378 e. The smallest absolute Gasteiger partial charge is 0.0571 e. The van der Waals surface area contributed by atoms with Crippen molar-refractivity contribution in [3.63, 3.8) is 0 Å². The van der Waals surface area contributed by atoms with Crippen LogP contribution in [0.1, 0.15) is 26.3 Å². The van der Waals surface area contributed by atoms with Gasteiger partial charge in [0.2, 0.25) is 0 Å². The first-order chi connectivity index (χ1) is 8.06. The van der Waals surface area contributed by atoms with Crippen LogP contribution in [0.2, 0.25) is 18.1 Å². The summed E-state index contributed by atoms with van der Waals surface area (Å²) in [5, 5.41) is 0. The lowest BCUT2D eigenvalue weighted by atomic mass is 10.2. The fraction of sp³-hybridized carbons (Fsp3) is 0.600. The van der Waals surface area contributed by atoms with Crippen LogP contribution in [0, 0.1) is 0 Å². The molecule has 0 saturated heterocycles. The van der Waals surface area contributed by atoms with Crippen molar-refractivity contribution in [1.82, 2.24) is 0 Å². The van der Waals surface area contributed by atoms with Crippen molar-refractivity contribution in [1.29, 1.82) is 0 Å². The minimum Gasteiger partial charge on any atom is -0.378 e. The van der Waals surface area contributed by atoms with Crippen molar-refractivity contribution >= 4 is 13.8 Å². The summed E-state index contributed by atoms with van der Waals surface area (Å²) in [6.07, 6.45) is 0. The van der Waals surface area contributed by atoms with Gasteiger partial charge >= 0.3 is 0 Å². The number of nitrogens with zero attached hydrogens (tertiary/aromatic N) is 1. The van der Waals surface area contributed by atoms with Gasteiger partial charge in [-0.25, -0.2) is 0 Å². The molecule has 0 aliphatic carbocycles. The van der Waals surface area contributed by atoms with Crippen molar-refractivity contribution in [3.05, 3.63) is 29.8 Å². The summed E-state index contributed by atoms with van der Waals surface area (Å²) in [6, 6.07) is 14.7. The van der Waals surface area contributed by atoms with Crippen molar-refractivity contribution < 1.29 is 0 Å². The number of hydrogen-bond donors (Lipinski definition) is 0. The molecule has 1 nitrogen and oxygen atoms in total. The van der Waals surface area contributed by atoms with E-state index < -0.39 is 8.07 Å². The van der Waals surface area contributed by atoms with Gasteiger partial charge in [-0.1, -0.05) is 56.6 Å². The van der Waals surface area contributed by atoms with E-state index in [-0.39, 0.29) is 0 Å². The Morgan fingerprint density at radius 1 is 0.882 bits per heavy atom. The maximum Gasteiger partial charge on any atom is 0.0571 e. The Morgan fingerprint density at radius 2 is 1.35 bits per heavy atom. The average Bonchev–Trinajstić information content (AvgIpc) is 2.37. The minimum atomic E-state index is -1.02. The Kier molecular flexibility index (Phi) is 5.25. The summed E-state index contributed by atoms with van der Waals surface area (Å²) in [7, 11) is 3.17. The fourth-order valence-corrected chi connectivity index (χ4v) is 5.82. The van der Waals surface area contributed by atoms with Gasteiger partial charge in [0.25, 0.3) is 0 Å². The number of hydrogen-bond acceptors (Lipinski definition) is 1. The molecular formula is C15H27NSi. The highest BCUT2D eigenvalue weighted by Crippen LogP contribution is 2.25. The average molecular weight is 249 g/mol. The van der Waals surface area contributed by atoms with Crippen LogP contribution in [-0.4, -0.2) is 22.2 Å². The van der Waals surface area contributed by atoms with E-state index in [1.54, 1.807) is 0 Å². The third-order valence-corrected chi connectivity index (χ3v) is 9.94. The molecule has 0 fully saturated rings. The number of anilines is 1. The summed E-state index contributed by atoms with van der Waals surface area (Å²) in [4.78, 5) is 2.16. The zero-order chi connectivity index (χ0) is 12.9. The topological polar surface area (TPSA) is 3.24 Å². The van der Waals surface area contributed by atoms with Crippen LogP contribution in [0.3, 0.4) is 0 Å². The molecule has 17 heavy (non-hydrogen) atoms. The summed E-state index contributed by atoms with van der Waals surface area (Å²) in [5.41, 5.74) is 2.83. The fourth-order valence-electron chi connectivity index (χ4n) is 2.47. The molecule has 0 radical (unpaired) electrons. The molecule has 0 unspecified atom stereocenters. The second kappa shape index (κ2) is 6.25. The lowest BCUT2D eigenvalue weighted by molar-refractivity contribution is 1.09. The Labute approximate surface area is 108 Å². The second-order valence-electron chi connectivity index (χ2n) is 5.30. The summed E-state index contributed by atoms with van der Waals surface area (Å²) < 4.78 is 0. The zero-order valence-electron chi connectivity index (χ0n) is 12.1. The van der Waals surface area contributed by atoms with Gasteiger partial charge in [-0.3, -0.25) is 0 Å². The van der Waals surface area contributed by atoms with E-state index in [9.17, 15) is 0 Å². The number of rotatable bonds is 6. The molecule has 96 valence electrons. The predicted octanol–water partition coefficient (Wildman–Crippen LogP) is 4.34. The third kappa shape index (κ3) is 3.60. The van der Waals surface area contributed by atoms with Crippen LogP contribution in [0.4, 0.5) is 5.69 Å². The van der Waals surface area contributed by atoms with E-state index in [1.807, 2.05) is 0 Å². The van der Waals surface area contributed by atoms with E-state index in [1.165, 1.54) is 35.4 Å². The van der Waals surface area contributed by atoms with Gasteiger partial charge in [0.05, 0.1) is 8.07 Å². The lowest BCUT2D eigenvalue weighted by Gasteiger charge is -2.28. The summed E-state index contributed by atoms with van der Waals surface area (Å²) >= 11 is 0. The van der Waals surface area contributed by atoms with Crippen LogP contribution in [0.5, 0.6) is 0 Å². The number of benzene rings is 1. The van der Waals surface area contributed by atoms with E-state index in [4.69, 9.17) is 0 Å². The maximum absolute atomic E-state index is 2.38. The molecule has 0 aliphatic heterocycles. The van der Waals surface area contributed by atoms with Crippen LogP contribution in [0.15, 0.2) is 24.3 Å². The lowest BCUT2D eigenvalue weighted by Crippen LogP contribution is -2.34. The first kappa shape index (κ1) is 14.3. The SMILES string of the molecule is CC[Si](CC)(CC)Cc1ccc(N(C)C)cc1. The van der Waals surface area contributed by atoms with Gasteiger partial charge in [-0.15, -0.1) is 0 Å². The molecule has 0 aromatic heterocycles. The van der Waals surface area contributed by atoms with Gasteiger partial charge in [-0.05, 0) is 18.2 Å². The predicted molar refractivity (Wildman–Crippen MR) is 81.7 cm³/mol. The molecule has 1 aromatic carbocycles. The normalized spacial score (nSPS) is 11.6. The maximum atomic E-state index is 2.38. The monoisotopic (exact) mass is 249 g/mol. The zero-order valence-corrected chi connectivity index (χ0v) is 13.1.